The zero-order valence-electron chi connectivity index (χ0n) is 4.71. The Morgan fingerprint density at radius 2 is 1.75 bits per heavy atom. The summed E-state index contributed by atoms with van der Waals surface area (Å²) < 4.78 is 10.0. The minimum absolute atomic E-state index is 0. The van der Waals surface area contributed by atoms with Crippen molar-refractivity contribution in [2.24, 2.45) is 0 Å². The molecule has 0 aromatic carbocycles. The van der Waals surface area contributed by atoms with E-state index in [1.165, 1.54) is 6.42 Å². The third-order valence-electron chi connectivity index (χ3n) is 0. The second-order valence-corrected chi connectivity index (χ2v) is 0.707. The average molecular weight is 73.2 g/mol. The van der Waals surface area contributed by atoms with Gasteiger partial charge in [0.05, 0.1) is 0 Å². The van der Waals surface area contributed by atoms with Gasteiger partial charge in [-0.25, -0.2) is 0 Å². The lowest BCUT2D eigenvalue weighted by Crippen LogP contribution is -1.27. The standard InChI is InChI=1S/C3H8.CH4.4H2/c1-3-2;;;;;/h3H2,1-2H3;1H4;4*1H/i;;1+1D;3*1+1. The lowest BCUT2D eigenvalue weighted by Gasteiger charge is -1.48. The van der Waals surface area contributed by atoms with Crippen molar-refractivity contribution in [2.45, 2.75) is 27.7 Å². The predicted molar refractivity (Wildman–Crippen MR) is 31.2 cm³/mol. The molecule has 0 aromatic heterocycles. The van der Waals surface area contributed by atoms with Crippen LogP contribution in [0.5, 0.6) is 0 Å². The molecule has 0 aromatic rings. The minimum Gasteiger partial charge on any atom is -0.0776 e. The van der Waals surface area contributed by atoms with Crippen molar-refractivity contribution in [3.05, 3.63) is 0 Å². The fourth-order valence-corrected chi connectivity index (χ4v) is 0. The third-order valence-corrected chi connectivity index (χ3v) is 0. The quantitative estimate of drug-likeness (QED) is 0.413. The Kier molecular flexibility index (Phi) is 12.0. The molecule has 0 radical (unpaired) electrons. The zero-order chi connectivity index (χ0) is 4.71. The van der Waals surface area contributed by atoms with Crippen LogP contribution in [0.15, 0.2) is 0 Å². The maximum atomic E-state index is 5.00. The normalized spacial score (nSPS) is 6.50. The number of rotatable bonds is 0. The molecule has 0 spiro atoms. The van der Waals surface area contributed by atoms with Crippen molar-refractivity contribution in [1.29, 1.82) is 0 Å². The molecule has 0 rings (SSSR count). The van der Waals surface area contributed by atoms with Gasteiger partial charge in [-0.05, 0) is 0 Å². The molecule has 0 fully saturated rings. The molecular formula is C4H20. The Hall–Kier alpha value is 0. The molecule has 0 heterocycles. The number of hydrogen-bond acceptors (Lipinski definition) is 0. The van der Waals surface area contributed by atoms with Crippen LogP contribution in [0.4, 0.5) is 0 Å². The average Bonchev–Trinajstić information content (AvgIpc) is 1.46. The van der Waals surface area contributed by atoms with Crippen LogP contribution in [-0.4, -0.2) is 0 Å². The van der Waals surface area contributed by atoms with E-state index in [4.69, 9.17) is 2.97 Å². The van der Waals surface area contributed by atoms with Crippen LogP contribution in [0.1, 0.15) is 34.9 Å². The van der Waals surface area contributed by atoms with Crippen LogP contribution >= 0.6 is 0 Å². The summed E-state index contributed by atoms with van der Waals surface area (Å²) in [5, 5.41) is 0. The smallest absolute Gasteiger partial charge is 0 e. The lowest BCUT2D eigenvalue weighted by molar-refractivity contribution is 1.09. The molecule has 0 heteroatoms. The van der Waals surface area contributed by atoms with Crippen molar-refractivity contribution in [1.82, 2.24) is 0 Å². The van der Waals surface area contributed by atoms with Gasteiger partial charge in [-0.3, -0.25) is 0 Å². The van der Waals surface area contributed by atoms with Crippen LogP contribution in [-0.2, 0) is 0 Å². The maximum Gasteiger partial charge on any atom is 0 e. The molecule has 0 amide bonds. The van der Waals surface area contributed by atoms with Crippen molar-refractivity contribution in [3.63, 3.8) is 0 Å². The number of hydrogen-bond donors (Lipinski definition) is 0. The molecule has 0 saturated heterocycles. The predicted octanol–water partition coefficient (Wildman–Crippen LogP) is 3.04. The molecule has 0 saturated carbocycles. The lowest BCUT2D eigenvalue weighted by atomic mass is 10.6. The first kappa shape index (κ1) is 4.00. The Morgan fingerprint density at radius 3 is 1.75 bits per heavy atom. The summed E-state index contributed by atoms with van der Waals surface area (Å²) in [5.74, 6) is 0. The topological polar surface area (TPSA) is 0 Å². The highest BCUT2D eigenvalue weighted by Gasteiger charge is 1.35. The van der Waals surface area contributed by atoms with Crippen LogP contribution in [0.3, 0.4) is 0 Å². The summed E-state index contributed by atoms with van der Waals surface area (Å²) in [6.45, 7) is 4.25. The highest BCUT2D eigenvalue weighted by molar-refractivity contribution is 3.92. The molecular weight excluding hydrogens is 48.0 g/mol. The minimum atomic E-state index is 0. The second kappa shape index (κ2) is 12.0. The van der Waals surface area contributed by atoms with Gasteiger partial charge in [-0.1, -0.05) is 27.7 Å². The summed E-state index contributed by atoms with van der Waals surface area (Å²) >= 11 is 0. The van der Waals surface area contributed by atoms with E-state index in [1.807, 2.05) is 0 Å². The van der Waals surface area contributed by atoms with Crippen molar-refractivity contribution < 1.29 is 7.25 Å². The SMILES string of the molecule is C.CCC.[2HH].[2HH].[2HH].[2H][2H]. The van der Waals surface area contributed by atoms with E-state index >= 15 is 0 Å². The highest BCUT2D eigenvalue weighted by Crippen LogP contribution is 1.56. The Balaban J connectivity index is -0.00000000357. The zero-order valence-corrected chi connectivity index (χ0v) is 2.71. The summed E-state index contributed by atoms with van der Waals surface area (Å²) in [4.78, 5) is 0. The Labute approximate surface area is 36.4 Å². The summed E-state index contributed by atoms with van der Waals surface area (Å²) in [7, 11) is 0. The van der Waals surface area contributed by atoms with E-state index in [0.29, 0.717) is 0 Å². The summed E-state index contributed by atoms with van der Waals surface area (Å²) in [6, 6.07) is 0. The maximum absolute atomic E-state index is 5.00. The molecule has 0 aliphatic rings. The first-order valence-corrected chi connectivity index (χ1v) is 1.41. The summed E-state index contributed by atoms with van der Waals surface area (Å²) in [6.07, 6.45) is 1.25. The molecule has 0 N–H and O–H groups in total. The summed E-state index contributed by atoms with van der Waals surface area (Å²) in [5.41, 5.74) is 0. The van der Waals surface area contributed by atoms with Gasteiger partial charge in [0.2, 0.25) is 0 Å². The molecule has 0 atom stereocenters. The van der Waals surface area contributed by atoms with Gasteiger partial charge >= 0.3 is 0 Å². The van der Waals surface area contributed by atoms with E-state index in [9.17, 15) is 0 Å². The molecule has 0 bridgehead atoms. The van der Waals surface area contributed by atoms with E-state index in [-0.39, 0.29) is 11.7 Å². The van der Waals surface area contributed by atoms with Gasteiger partial charge in [-0.15, -0.1) is 0 Å². The Morgan fingerprint density at radius 1 is 1.75 bits per heavy atom. The largest absolute Gasteiger partial charge is 0.0776 e. The molecule has 0 unspecified atom stereocenters. The molecule has 0 aliphatic heterocycles. The third kappa shape index (κ3) is 0. The monoisotopic (exact) mass is 73.2 g/mol. The first-order chi connectivity index (χ1) is 2.41. The fraction of sp³-hybridized carbons (Fsp3) is 1.00. The van der Waals surface area contributed by atoms with Gasteiger partial charge in [-0.2, -0.15) is 0 Å². The van der Waals surface area contributed by atoms with Crippen molar-refractivity contribution in [3.8, 4) is 0 Å². The molecule has 36 valence electrons. The van der Waals surface area contributed by atoms with Gasteiger partial charge in [0, 0.05) is 7.25 Å². The Bertz CT molecular complexity index is 8.92. The van der Waals surface area contributed by atoms with Gasteiger partial charge < -0.3 is 0 Å². The fourth-order valence-electron chi connectivity index (χ4n) is 0. The van der Waals surface area contributed by atoms with E-state index in [1.54, 1.807) is 0 Å². The van der Waals surface area contributed by atoms with Crippen molar-refractivity contribution in [2.75, 3.05) is 0 Å². The van der Waals surface area contributed by atoms with Gasteiger partial charge in [0.15, 0.2) is 0 Å². The van der Waals surface area contributed by atoms with Crippen LogP contribution in [0, 0.1) is 0 Å². The van der Waals surface area contributed by atoms with Crippen LogP contribution in [0.25, 0.3) is 0 Å². The van der Waals surface area contributed by atoms with E-state index < -0.39 is 0 Å². The van der Waals surface area contributed by atoms with E-state index in [2.05, 4.69) is 13.8 Å². The van der Waals surface area contributed by atoms with E-state index in [0.717, 1.165) is 0 Å². The first-order valence-electron chi connectivity index (χ1n) is 2.41. The van der Waals surface area contributed by atoms with Gasteiger partial charge in [0.25, 0.3) is 0 Å². The molecule has 0 aliphatic carbocycles. The van der Waals surface area contributed by atoms with Crippen molar-refractivity contribution >= 4 is 0 Å². The molecule has 0 nitrogen and oxygen atoms in total. The molecule has 4 heavy (non-hydrogen) atoms. The van der Waals surface area contributed by atoms with Crippen LogP contribution in [0.2, 0.25) is 0 Å². The highest BCUT2D eigenvalue weighted by atomic mass is 13.4. The van der Waals surface area contributed by atoms with Gasteiger partial charge in [0.1, 0.15) is 0 Å². The second-order valence-electron chi connectivity index (χ2n) is 0.707. The van der Waals surface area contributed by atoms with Crippen LogP contribution < -0.4 is 0 Å².